The number of hydrogen-bond donors (Lipinski definition) is 1. The maximum atomic E-state index is 5.92. The third-order valence-corrected chi connectivity index (χ3v) is 9.77. The first kappa shape index (κ1) is 42.2. The first-order chi connectivity index (χ1) is 22.7. The highest BCUT2D eigenvalue weighted by Gasteiger charge is 2.24. The van der Waals surface area contributed by atoms with E-state index in [-0.39, 0.29) is 21.9 Å². The molecule has 0 saturated heterocycles. The van der Waals surface area contributed by atoms with Crippen LogP contribution in [0.4, 0.5) is 0 Å². The molecule has 0 amide bonds. The van der Waals surface area contributed by atoms with Gasteiger partial charge in [-0.15, -0.1) is 5.10 Å². The van der Waals surface area contributed by atoms with Crippen LogP contribution in [0, 0.1) is 10.8 Å². The summed E-state index contributed by atoms with van der Waals surface area (Å²) >= 11 is 0. The van der Waals surface area contributed by atoms with E-state index in [0.717, 1.165) is 44.5 Å². The van der Waals surface area contributed by atoms with Gasteiger partial charge in [0.1, 0.15) is 0 Å². The van der Waals surface area contributed by atoms with Crippen molar-refractivity contribution < 1.29 is 14.2 Å². The highest BCUT2D eigenvalue weighted by molar-refractivity contribution is 8.15. The maximum Gasteiger partial charge on any atom is 0.0949 e. The van der Waals surface area contributed by atoms with Crippen LogP contribution in [0.1, 0.15) is 111 Å². The number of imidazole rings is 1. The Bertz CT molecular complexity index is 1160. The van der Waals surface area contributed by atoms with Gasteiger partial charge in [-0.25, -0.2) is 9.67 Å². The van der Waals surface area contributed by atoms with E-state index >= 15 is 0 Å². The van der Waals surface area contributed by atoms with Gasteiger partial charge in [0.15, 0.2) is 0 Å². The van der Waals surface area contributed by atoms with Gasteiger partial charge in [-0.2, -0.15) is 0 Å². The molecular formula is C39H71N5O3S. The van der Waals surface area contributed by atoms with Crippen LogP contribution in [-0.4, -0.2) is 81.4 Å². The van der Waals surface area contributed by atoms with Crippen LogP contribution in [0.3, 0.4) is 0 Å². The van der Waals surface area contributed by atoms with Gasteiger partial charge >= 0.3 is 0 Å². The van der Waals surface area contributed by atoms with E-state index in [1.807, 2.05) is 17.2 Å². The van der Waals surface area contributed by atoms with Crippen molar-refractivity contribution in [2.75, 3.05) is 51.3 Å². The largest absolute Gasteiger partial charge is 0.379 e. The van der Waals surface area contributed by atoms with Crippen molar-refractivity contribution in [3.8, 4) is 0 Å². The molecule has 0 atom stereocenters. The standard InChI is InChI=1S/C39H71N5O3S/c1-37(2,3)47-26-19-36-33-44(42-41-36)25-28-46-30-29-45-27-23-39(6,7)22-21-38(4,5)20-15-16-24-43-32-35(40-34-43)18-14-12-10-11-13-17-31-48(8)9/h10-13,32-34,48H,14-31H2,1-9H3/b12-10+,13-11+. The number of nitrogens with zero attached hydrogens (tertiary/aromatic N) is 5. The Kier molecular flexibility index (Phi) is 20.0. The van der Waals surface area contributed by atoms with Crippen molar-refractivity contribution >= 4 is 10.9 Å². The summed E-state index contributed by atoms with van der Waals surface area (Å²) < 4.78 is 21.6. The Morgan fingerprint density at radius 2 is 1.40 bits per heavy atom. The molecule has 0 aromatic carbocycles. The van der Waals surface area contributed by atoms with Crippen LogP contribution in [0.25, 0.3) is 0 Å². The highest BCUT2D eigenvalue weighted by atomic mass is 32.2. The van der Waals surface area contributed by atoms with Crippen LogP contribution in [0.5, 0.6) is 0 Å². The fraction of sp³-hybridized carbons (Fsp3) is 0.769. The van der Waals surface area contributed by atoms with Crippen molar-refractivity contribution in [2.24, 2.45) is 10.8 Å². The third kappa shape index (κ3) is 21.9. The van der Waals surface area contributed by atoms with Crippen LogP contribution in [0.15, 0.2) is 43.0 Å². The lowest BCUT2D eigenvalue weighted by Crippen LogP contribution is -2.20. The Morgan fingerprint density at radius 3 is 2.10 bits per heavy atom. The summed E-state index contributed by atoms with van der Waals surface area (Å²) in [5.74, 6) is 1.33. The Morgan fingerprint density at radius 1 is 0.708 bits per heavy atom. The molecule has 2 aromatic rings. The van der Waals surface area contributed by atoms with Gasteiger partial charge in [-0.05, 0) is 101 Å². The molecule has 0 unspecified atom stereocenters. The molecule has 276 valence electrons. The fourth-order valence-corrected chi connectivity index (χ4v) is 5.91. The van der Waals surface area contributed by atoms with Gasteiger partial charge in [-0.1, -0.05) is 63.6 Å². The summed E-state index contributed by atoms with van der Waals surface area (Å²) in [7, 11) is 0.217. The summed E-state index contributed by atoms with van der Waals surface area (Å²) in [4.78, 5) is 4.63. The zero-order valence-corrected chi connectivity index (χ0v) is 33.1. The smallest absolute Gasteiger partial charge is 0.0949 e. The lowest BCUT2D eigenvalue weighted by atomic mass is 9.75. The van der Waals surface area contributed by atoms with E-state index in [4.69, 9.17) is 14.2 Å². The van der Waals surface area contributed by atoms with E-state index in [0.29, 0.717) is 38.4 Å². The van der Waals surface area contributed by atoms with Gasteiger partial charge in [0.2, 0.25) is 0 Å². The SMILES string of the molecule is C[SH](C)CC/C=C/C=C/CCc1cn(CCCCC(C)(C)CCC(C)(C)CCOCCOCCn2cc(CCOC(C)(C)C)nn2)cn1. The Balaban J connectivity index is 1.48. The normalized spacial score (nSPS) is 13.4. The molecule has 2 aromatic heterocycles. The average molecular weight is 690 g/mol. The maximum absolute atomic E-state index is 5.92. The van der Waals surface area contributed by atoms with Gasteiger partial charge in [0, 0.05) is 32.0 Å². The number of unbranched alkanes of at least 4 members (excludes halogenated alkanes) is 1. The molecule has 0 N–H and O–H groups in total. The van der Waals surface area contributed by atoms with Gasteiger partial charge in [0.05, 0.1) is 56.3 Å². The number of ether oxygens (including phenoxy) is 3. The van der Waals surface area contributed by atoms with Crippen molar-refractivity contribution in [1.82, 2.24) is 24.5 Å². The Labute approximate surface area is 296 Å². The van der Waals surface area contributed by atoms with E-state index in [9.17, 15) is 0 Å². The lowest BCUT2D eigenvalue weighted by Gasteiger charge is -2.31. The predicted octanol–water partition coefficient (Wildman–Crippen LogP) is 8.65. The number of aryl methyl sites for hydroxylation is 2. The molecule has 48 heavy (non-hydrogen) atoms. The van der Waals surface area contributed by atoms with Crippen molar-refractivity contribution in [2.45, 2.75) is 131 Å². The molecule has 2 heterocycles. The Hall–Kier alpha value is -1.94. The number of rotatable bonds is 27. The van der Waals surface area contributed by atoms with E-state index < -0.39 is 0 Å². The molecule has 0 fully saturated rings. The predicted molar refractivity (Wildman–Crippen MR) is 205 cm³/mol. The van der Waals surface area contributed by atoms with E-state index in [2.05, 4.69) is 111 Å². The molecule has 0 bridgehead atoms. The minimum Gasteiger partial charge on any atom is -0.379 e. The monoisotopic (exact) mass is 690 g/mol. The zero-order chi connectivity index (χ0) is 35.3. The molecular weight excluding hydrogens is 619 g/mol. The van der Waals surface area contributed by atoms with Crippen LogP contribution < -0.4 is 0 Å². The van der Waals surface area contributed by atoms with Crippen molar-refractivity contribution in [3.05, 3.63) is 54.4 Å². The van der Waals surface area contributed by atoms with E-state index in [1.165, 1.54) is 50.0 Å². The zero-order valence-electron chi connectivity index (χ0n) is 32.2. The number of hydrogen-bond acceptors (Lipinski definition) is 6. The number of thiol groups is 1. The van der Waals surface area contributed by atoms with Crippen molar-refractivity contribution in [3.63, 3.8) is 0 Å². The van der Waals surface area contributed by atoms with E-state index in [1.54, 1.807) is 0 Å². The van der Waals surface area contributed by atoms with Gasteiger partial charge < -0.3 is 18.8 Å². The second-order valence-corrected chi connectivity index (χ2v) is 18.6. The quantitative estimate of drug-likeness (QED) is 0.0575. The molecule has 0 radical (unpaired) electrons. The molecule has 0 saturated carbocycles. The van der Waals surface area contributed by atoms with Gasteiger partial charge in [-0.3, -0.25) is 10.9 Å². The topological polar surface area (TPSA) is 76.2 Å². The minimum atomic E-state index is -0.130. The summed E-state index contributed by atoms with van der Waals surface area (Å²) in [5, 5.41) is 8.41. The van der Waals surface area contributed by atoms with Crippen molar-refractivity contribution in [1.29, 1.82) is 0 Å². The first-order valence-corrected chi connectivity index (χ1v) is 20.8. The average Bonchev–Trinajstić information content (AvgIpc) is 3.66. The minimum absolute atomic E-state index is 0.130. The molecule has 9 heteroatoms. The van der Waals surface area contributed by atoms with Crippen LogP contribution in [-0.2, 0) is 40.1 Å². The molecule has 8 nitrogen and oxygen atoms in total. The summed E-state index contributed by atoms with van der Waals surface area (Å²) in [5.41, 5.74) is 2.64. The first-order valence-electron chi connectivity index (χ1n) is 18.4. The third-order valence-electron chi connectivity index (χ3n) is 8.62. The summed E-state index contributed by atoms with van der Waals surface area (Å²) in [6, 6.07) is 0. The molecule has 0 aliphatic heterocycles. The lowest BCUT2D eigenvalue weighted by molar-refractivity contribution is -0.00128. The molecule has 0 aliphatic rings. The number of allylic oxidation sites excluding steroid dienone is 4. The van der Waals surface area contributed by atoms with Crippen LogP contribution >= 0.6 is 10.9 Å². The van der Waals surface area contributed by atoms with Gasteiger partial charge in [0.25, 0.3) is 0 Å². The summed E-state index contributed by atoms with van der Waals surface area (Å²) in [6.45, 7) is 20.8. The number of aromatic nitrogens is 5. The fourth-order valence-electron chi connectivity index (χ4n) is 5.25. The highest BCUT2D eigenvalue weighted by Crippen LogP contribution is 2.36. The molecule has 2 rings (SSSR count). The molecule has 0 aliphatic carbocycles. The molecule has 0 spiro atoms. The summed E-state index contributed by atoms with van der Waals surface area (Å²) in [6.07, 6.45) is 31.1. The van der Waals surface area contributed by atoms with Crippen LogP contribution in [0.2, 0.25) is 0 Å². The second kappa shape index (κ2) is 22.7. The second-order valence-electron chi connectivity index (χ2n) is 16.0.